The number of halogens is 3. The molecule has 0 radical (unpaired) electrons. The Bertz CT molecular complexity index is 402. The summed E-state index contributed by atoms with van der Waals surface area (Å²) in [6, 6.07) is 0.943. The average molecular weight is 261 g/mol. The maximum atomic E-state index is 12.2. The van der Waals surface area contributed by atoms with Gasteiger partial charge in [0.15, 0.2) is 0 Å². The minimum atomic E-state index is -4.17. The van der Waals surface area contributed by atoms with Crippen LogP contribution in [0.15, 0.2) is 6.07 Å². The van der Waals surface area contributed by atoms with Gasteiger partial charge in [-0.05, 0) is 13.8 Å². The standard InChI is InChI=1S/C12H18F3N3/c1-7(2)11-17-8(3)5-10(18-11)16-9(4)6-12(13,14)15/h5,7,9H,6H2,1-4H3,(H,16,17,18). The third kappa shape index (κ3) is 4.89. The quantitative estimate of drug-likeness (QED) is 0.898. The number of aromatic nitrogens is 2. The highest BCUT2D eigenvalue weighted by molar-refractivity contribution is 5.37. The Kier molecular flexibility index (Phi) is 4.53. The van der Waals surface area contributed by atoms with Crippen LogP contribution in [0.4, 0.5) is 19.0 Å². The van der Waals surface area contributed by atoms with Crippen molar-refractivity contribution in [2.45, 2.75) is 52.3 Å². The van der Waals surface area contributed by atoms with Gasteiger partial charge in [-0.3, -0.25) is 0 Å². The Morgan fingerprint density at radius 1 is 1.22 bits per heavy atom. The molecule has 3 nitrogen and oxygen atoms in total. The molecule has 102 valence electrons. The molecule has 0 aliphatic rings. The summed E-state index contributed by atoms with van der Waals surface area (Å²) in [6.07, 6.45) is -5.05. The highest BCUT2D eigenvalue weighted by Gasteiger charge is 2.30. The fourth-order valence-corrected chi connectivity index (χ4v) is 1.57. The molecule has 0 aliphatic carbocycles. The summed E-state index contributed by atoms with van der Waals surface area (Å²) in [4.78, 5) is 8.46. The van der Waals surface area contributed by atoms with Crippen LogP contribution in [-0.4, -0.2) is 22.2 Å². The van der Waals surface area contributed by atoms with Crippen LogP contribution in [0.3, 0.4) is 0 Å². The molecule has 18 heavy (non-hydrogen) atoms. The van der Waals surface area contributed by atoms with E-state index in [4.69, 9.17) is 0 Å². The van der Waals surface area contributed by atoms with E-state index in [1.807, 2.05) is 13.8 Å². The Balaban J connectivity index is 2.78. The van der Waals surface area contributed by atoms with Gasteiger partial charge in [-0.25, -0.2) is 9.97 Å². The van der Waals surface area contributed by atoms with Crippen LogP contribution < -0.4 is 5.32 Å². The Hall–Kier alpha value is -1.33. The van der Waals surface area contributed by atoms with E-state index in [1.165, 1.54) is 6.92 Å². The van der Waals surface area contributed by atoms with E-state index < -0.39 is 18.6 Å². The van der Waals surface area contributed by atoms with Gasteiger partial charge in [0, 0.05) is 23.7 Å². The fourth-order valence-electron chi connectivity index (χ4n) is 1.57. The van der Waals surface area contributed by atoms with Gasteiger partial charge in [0.2, 0.25) is 0 Å². The third-order valence-electron chi connectivity index (χ3n) is 2.32. The summed E-state index contributed by atoms with van der Waals surface area (Å²) in [5.74, 6) is 1.23. The lowest BCUT2D eigenvalue weighted by atomic mass is 10.2. The van der Waals surface area contributed by atoms with Crippen molar-refractivity contribution in [3.8, 4) is 0 Å². The van der Waals surface area contributed by atoms with Crippen LogP contribution in [0.2, 0.25) is 0 Å². The van der Waals surface area contributed by atoms with Crippen molar-refractivity contribution in [3.05, 3.63) is 17.6 Å². The highest BCUT2D eigenvalue weighted by Crippen LogP contribution is 2.23. The molecule has 0 aliphatic heterocycles. The summed E-state index contributed by atoms with van der Waals surface area (Å²) in [7, 11) is 0. The number of hydrogen-bond acceptors (Lipinski definition) is 3. The minimum Gasteiger partial charge on any atom is -0.367 e. The molecule has 0 bridgehead atoms. The van der Waals surface area contributed by atoms with Gasteiger partial charge in [-0.2, -0.15) is 13.2 Å². The van der Waals surface area contributed by atoms with Crippen LogP contribution in [0.5, 0.6) is 0 Å². The molecular formula is C12H18F3N3. The number of nitrogens with one attached hydrogen (secondary N) is 1. The number of rotatable bonds is 4. The van der Waals surface area contributed by atoms with Crippen molar-refractivity contribution >= 4 is 5.82 Å². The van der Waals surface area contributed by atoms with Crippen LogP contribution >= 0.6 is 0 Å². The van der Waals surface area contributed by atoms with E-state index in [9.17, 15) is 13.2 Å². The molecule has 1 rings (SSSR count). The largest absolute Gasteiger partial charge is 0.391 e. The molecule has 0 fully saturated rings. The molecule has 0 spiro atoms. The lowest BCUT2D eigenvalue weighted by molar-refractivity contribution is -0.136. The summed E-state index contributed by atoms with van der Waals surface area (Å²) >= 11 is 0. The first-order valence-electron chi connectivity index (χ1n) is 5.86. The topological polar surface area (TPSA) is 37.8 Å². The van der Waals surface area contributed by atoms with Crippen molar-refractivity contribution < 1.29 is 13.2 Å². The van der Waals surface area contributed by atoms with Crippen molar-refractivity contribution in [3.63, 3.8) is 0 Å². The summed E-state index contributed by atoms with van der Waals surface area (Å²) in [5, 5.41) is 2.76. The third-order valence-corrected chi connectivity index (χ3v) is 2.32. The number of anilines is 1. The Morgan fingerprint density at radius 2 is 1.83 bits per heavy atom. The van der Waals surface area contributed by atoms with Crippen molar-refractivity contribution in [1.82, 2.24) is 9.97 Å². The first-order chi connectivity index (χ1) is 8.17. The second kappa shape index (κ2) is 5.54. The smallest absolute Gasteiger partial charge is 0.367 e. The molecule has 0 saturated heterocycles. The molecule has 1 unspecified atom stereocenters. The molecule has 1 heterocycles. The first-order valence-corrected chi connectivity index (χ1v) is 5.86. The molecule has 1 N–H and O–H groups in total. The minimum absolute atomic E-state index is 0.142. The predicted molar refractivity (Wildman–Crippen MR) is 64.6 cm³/mol. The van der Waals surface area contributed by atoms with E-state index >= 15 is 0 Å². The highest BCUT2D eigenvalue weighted by atomic mass is 19.4. The molecule has 0 aromatic carbocycles. The fraction of sp³-hybridized carbons (Fsp3) is 0.667. The number of hydrogen-bond donors (Lipinski definition) is 1. The number of alkyl halides is 3. The summed E-state index contributed by atoms with van der Waals surface area (Å²) < 4.78 is 36.7. The van der Waals surface area contributed by atoms with Gasteiger partial charge in [0.05, 0.1) is 6.42 Å². The van der Waals surface area contributed by atoms with Crippen LogP contribution in [0.25, 0.3) is 0 Å². The normalized spacial score (nSPS) is 13.8. The van der Waals surface area contributed by atoms with Crippen LogP contribution in [0.1, 0.15) is 44.6 Å². The van der Waals surface area contributed by atoms with Gasteiger partial charge in [-0.15, -0.1) is 0 Å². The zero-order valence-electron chi connectivity index (χ0n) is 11.0. The van der Waals surface area contributed by atoms with Gasteiger partial charge >= 0.3 is 6.18 Å². The van der Waals surface area contributed by atoms with Gasteiger partial charge < -0.3 is 5.32 Å². The SMILES string of the molecule is Cc1cc(NC(C)CC(F)(F)F)nc(C(C)C)n1. The summed E-state index contributed by atoms with van der Waals surface area (Å²) in [6.45, 7) is 7.17. The van der Waals surface area contributed by atoms with Crippen molar-refractivity contribution in [2.24, 2.45) is 0 Å². The predicted octanol–water partition coefficient (Wildman–Crippen LogP) is 3.66. The van der Waals surface area contributed by atoms with E-state index in [2.05, 4.69) is 15.3 Å². The molecule has 0 saturated carbocycles. The van der Waals surface area contributed by atoms with Gasteiger partial charge in [0.1, 0.15) is 11.6 Å². The Labute approximate surface area is 105 Å². The molecular weight excluding hydrogens is 243 g/mol. The van der Waals surface area contributed by atoms with Crippen molar-refractivity contribution in [1.29, 1.82) is 0 Å². The molecule has 1 atom stereocenters. The van der Waals surface area contributed by atoms with Crippen molar-refractivity contribution in [2.75, 3.05) is 5.32 Å². The van der Waals surface area contributed by atoms with Gasteiger partial charge in [0.25, 0.3) is 0 Å². The zero-order chi connectivity index (χ0) is 13.9. The van der Waals surface area contributed by atoms with E-state index in [0.717, 1.165) is 5.69 Å². The first kappa shape index (κ1) is 14.7. The van der Waals surface area contributed by atoms with E-state index in [0.29, 0.717) is 11.6 Å². The van der Waals surface area contributed by atoms with Crippen LogP contribution in [0, 0.1) is 6.92 Å². The summed E-state index contributed by atoms with van der Waals surface area (Å²) in [5.41, 5.74) is 0.746. The maximum Gasteiger partial charge on any atom is 0.391 e. The second-order valence-electron chi connectivity index (χ2n) is 4.77. The maximum absolute atomic E-state index is 12.2. The molecule has 6 heteroatoms. The monoisotopic (exact) mass is 261 g/mol. The number of nitrogens with zero attached hydrogens (tertiary/aromatic N) is 2. The number of aryl methyl sites for hydroxylation is 1. The van der Waals surface area contributed by atoms with E-state index in [1.54, 1.807) is 13.0 Å². The van der Waals surface area contributed by atoms with Gasteiger partial charge in [-0.1, -0.05) is 13.8 Å². The lowest BCUT2D eigenvalue weighted by Gasteiger charge is -2.17. The second-order valence-corrected chi connectivity index (χ2v) is 4.77. The zero-order valence-corrected chi connectivity index (χ0v) is 11.0. The molecule has 1 aromatic rings. The molecule has 1 aromatic heterocycles. The average Bonchev–Trinajstić information content (AvgIpc) is 2.12. The van der Waals surface area contributed by atoms with Crippen LogP contribution in [-0.2, 0) is 0 Å². The Morgan fingerprint density at radius 3 is 2.33 bits per heavy atom. The lowest BCUT2D eigenvalue weighted by Crippen LogP contribution is -2.24. The van der Waals surface area contributed by atoms with E-state index in [-0.39, 0.29) is 5.92 Å². The molecule has 0 amide bonds.